The molecule has 0 amide bonds. The highest BCUT2D eigenvalue weighted by molar-refractivity contribution is 5.54. The third-order valence-electron chi connectivity index (χ3n) is 3.57. The summed E-state index contributed by atoms with van der Waals surface area (Å²) < 4.78 is 1.43. The van der Waals surface area contributed by atoms with Gasteiger partial charge in [-0.1, -0.05) is 43.3 Å². The molecule has 0 saturated carbocycles. The molecule has 0 spiro atoms. The van der Waals surface area contributed by atoms with Gasteiger partial charge in [-0.15, -0.1) is 0 Å². The standard InChI is InChI=1S/C17H17N5O/c1-2-13-8-6-7-11-15(13)21-12-19-16(20-17(21)23)22(18)14-9-4-3-5-10-14/h3-12H,2,18H2,1H3. The van der Waals surface area contributed by atoms with Crippen molar-refractivity contribution in [2.24, 2.45) is 5.84 Å². The summed E-state index contributed by atoms with van der Waals surface area (Å²) in [6, 6.07) is 16.9. The Hall–Kier alpha value is -2.99. The van der Waals surface area contributed by atoms with Gasteiger partial charge in [0.05, 0.1) is 11.4 Å². The van der Waals surface area contributed by atoms with Crippen LogP contribution in [0.3, 0.4) is 0 Å². The maximum atomic E-state index is 12.4. The average molecular weight is 307 g/mol. The first-order valence-corrected chi connectivity index (χ1v) is 7.34. The number of hydrazine groups is 1. The first kappa shape index (κ1) is 14.9. The van der Waals surface area contributed by atoms with Crippen LogP contribution in [0.25, 0.3) is 5.69 Å². The number of hydrogen-bond donors (Lipinski definition) is 1. The molecular weight excluding hydrogens is 290 g/mol. The molecule has 0 aliphatic heterocycles. The number of rotatable bonds is 4. The van der Waals surface area contributed by atoms with Crippen LogP contribution in [0, 0.1) is 0 Å². The number of aryl methyl sites for hydroxylation is 1. The summed E-state index contributed by atoms with van der Waals surface area (Å²) in [7, 11) is 0. The van der Waals surface area contributed by atoms with E-state index in [-0.39, 0.29) is 5.95 Å². The summed E-state index contributed by atoms with van der Waals surface area (Å²) in [6.07, 6.45) is 2.28. The van der Waals surface area contributed by atoms with E-state index >= 15 is 0 Å². The minimum Gasteiger partial charge on any atom is -0.250 e. The fraction of sp³-hybridized carbons (Fsp3) is 0.118. The van der Waals surface area contributed by atoms with E-state index in [9.17, 15) is 4.79 Å². The van der Waals surface area contributed by atoms with Crippen LogP contribution >= 0.6 is 0 Å². The number of nitrogens with two attached hydrogens (primary N) is 1. The van der Waals surface area contributed by atoms with E-state index in [0.29, 0.717) is 5.69 Å². The Balaban J connectivity index is 2.00. The highest BCUT2D eigenvalue weighted by Crippen LogP contribution is 2.17. The normalized spacial score (nSPS) is 10.5. The monoisotopic (exact) mass is 307 g/mol. The molecule has 6 heteroatoms. The van der Waals surface area contributed by atoms with Crippen molar-refractivity contribution in [3.63, 3.8) is 0 Å². The van der Waals surface area contributed by atoms with Crippen LogP contribution in [0.5, 0.6) is 0 Å². The van der Waals surface area contributed by atoms with Gasteiger partial charge in [0.25, 0.3) is 5.95 Å². The van der Waals surface area contributed by atoms with E-state index in [1.54, 1.807) is 0 Å². The van der Waals surface area contributed by atoms with Crippen molar-refractivity contribution < 1.29 is 0 Å². The van der Waals surface area contributed by atoms with E-state index in [1.807, 2.05) is 61.5 Å². The fourth-order valence-corrected chi connectivity index (χ4v) is 2.36. The third-order valence-corrected chi connectivity index (χ3v) is 3.57. The van der Waals surface area contributed by atoms with Gasteiger partial charge >= 0.3 is 5.69 Å². The van der Waals surface area contributed by atoms with Crippen LogP contribution in [0.4, 0.5) is 11.6 Å². The van der Waals surface area contributed by atoms with Gasteiger partial charge < -0.3 is 0 Å². The van der Waals surface area contributed by atoms with Crippen molar-refractivity contribution in [3.8, 4) is 5.69 Å². The molecule has 0 atom stereocenters. The number of nitrogens with zero attached hydrogens (tertiary/aromatic N) is 4. The quantitative estimate of drug-likeness (QED) is 0.590. The Morgan fingerprint density at radius 3 is 2.48 bits per heavy atom. The molecular formula is C17H17N5O. The molecule has 0 fully saturated rings. The molecule has 0 saturated heterocycles. The molecule has 3 aromatic rings. The van der Waals surface area contributed by atoms with Gasteiger partial charge in [0.1, 0.15) is 6.33 Å². The van der Waals surface area contributed by atoms with Crippen LogP contribution in [0.1, 0.15) is 12.5 Å². The topological polar surface area (TPSA) is 77.0 Å². The van der Waals surface area contributed by atoms with Gasteiger partial charge in [0, 0.05) is 0 Å². The Morgan fingerprint density at radius 1 is 1.09 bits per heavy atom. The first-order valence-electron chi connectivity index (χ1n) is 7.34. The predicted molar refractivity (Wildman–Crippen MR) is 89.8 cm³/mol. The minimum atomic E-state index is -0.415. The van der Waals surface area contributed by atoms with E-state index in [0.717, 1.165) is 17.7 Å². The number of anilines is 2. The predicted octanol–water partition coefficient (Wildman–Crippen LogP) is 2.20. The Morgan fingerprint density at radius 2 is 1.78 bits per heavy atom. The van der Waals surface area contributed by atoms with Crippen molar-refractivity contribution in [2.75, 3.05) is 5.01 Å². The smallest absolute Gasteiger partial charge is 0.250 e. The Labute approximate surface area is 133 Å². The van der Waals surface area contributed by atoms with Crippen molar-refractivity contribution in [2.45, 2.75) is 13.3 Å². The van der Waals surface area contributed by atoms with E-state index in [2.05, 4.69) is 9.97 Å². The summed E-state index contributed by atoms with van der Waals surface area (Å²) in [5, 5.41) is 1.29. The Kier molecular flexibility index (Phi) is 4.16. The van der Waals surface area contributed by atoms with Crippen LogP contribution in [-0.2, 0) is 6.42 Å². The molecule has 116 valence electrons. The minimum absolute atomic E-state index is 0.159. The van der Waals surface area contributed by atoms with Crippen LogP contribution in [0.2, 0.25) is 0 Å². The highest BCUT2D eigenvalue weighted by Gasteiger charge is 2.11. The molecule has 23 heavy (non-hydrogen) atoms. The molecule has 0 unspecified atom stereocenters. The number of hydrogen-bond acceptors (Lipinski definition) is 5. The summed E-state index contributed by atoms with van der Waals surface area (Å²) >= 11 is 0. The Bertz CT molecular complexity index is 860. The summed E-state index contributed by atoms with van der Waals surface area (Å²) in [5.41, 5.74) is 2.13. The third kappa shape index (κ3) is 2.97. The summed E-state index contributed by atoms with van der Waals surface area (Å²) in [5.74, 6) is 6.15. The second-order valence-electron chi connectivity index (χ2n) is 5.00. The van der Waals surface area contributed by atoms with Gasteiger partial charge in [-0.05, 0) is 30.2 Å². The lowest BCUT2D eigenvalue weighted by molar-refractivity contribution is 0.824. The zero-order valence-electron chi connectivity index (χ0n) is 12.8. The van der Waals surface area contributed by atoms with Crippen molar-refractivity contribution >= 4 is 11.6 Å². The molecule has 0 aliphatic rings. The van der Waals surface area contributed by atoms with E-state index < -0.39 is 5.69 Å². The zero-order valence-corrected chi connectivity index (χ0v) is 12.8. The van der Waals surface area contributed by atoms with Gasteiger partial charge in [-0.25, -0.2) is 20.6 Å². The van der Waals surface area contributed by atoms with Crippen LogP contribution in [-0.4, -0.2) is 14.5 Å². The van der Waals surface area contributed by atoms with Gasteiger partial charge in [-0.3, -0.25) is 4.57 Å². The number of para-hydroxylation sites is 2. The molecule has 1 heterocycles. The fourth-order valence-electron chi connectivity index (χ4n) is 2.36. The molecule has 0 radical (unpaired) electrons. The van der Waals surface area contributed by atoms with Crippen molar-refractivity contribution in [1.29, 1.82) is 0 Å². The molecule has 3 rings (SSSR count). The second-order valence-corrected chi connectivity index (χ2v) is 5.00. The second kappa shape index (κ2) is 6.41. The molecule has 6 nitrogen and oxygen atoms in total. The lowest BCUT2D eigenvalue weighted by atomic mass is 10.1. The van der Waals surface area contributed by atoms with Crippen LogP contribution in [0.15, 0.2) is 65.7 Å². The largest absolute Gasteiger partial charge is 0.356 e. The SMILES string of the molecule is CCc1ccccc1-n1cnc(N(N)c2ccccc2)nc1=O. The molecule has 2 N–H and O–H groups in total. The van der Waals surface area contributed by atoms with E-state index in [4.69, 9.17) is 5.84 Å². The highest BCUT2D eigenvalue weighted by atomic mass is 16.1. The summed E-state index contributed by atoms with van der Waals surface area (Å²) in [4.78, 5) is 20.6. The van der Waals surface area contributed by atoms with Crippen molar-refractivity contribution in [1.82, 2.24) is 14.5 Å². The molecule has 2 aromatic carbocycles. The lowest BCUT2D eigenvalue weighted by Gasteiger charge is -2.16. The van der Waals surface area contributed by atoms with Crippen LogP contribution < -0.4 is 16.5 Å². The summed E-state index contributed by atoms with van der Waals surface area (Å²) in [6.45, 7) is 2.04. The first-order chi connectivity index (χ1) is 11.2. The number of benzene rings is 2. The zero-order chi connectivity index (χ0) is 16.2. The van der Waals surface area contributed by atoms with Crippen molar-refractivity contribution in [3.05, 3.63) is 77.0 Å². The molecule has 0 aliphatic carbocycles. The van der Waals surface area contributed by atoms with E-state index in [1.165, 1.54) is 15.9 Å². The average Bonchev–Trinajstić information content (AvgIpc) is 2.61. The van der Waals surface area contributed by atoms with Gasteiger partial charge in [0.15, 0.2) is 0 Å². The van der Waals surface area contributed by atoms with Gasteiger partial charge in [0.2, 0.25) is 0 Å². The molecule has 1 aromatic heterocycles. The number of aromatic nitrogens is 3. The lowest BCUT2D eigenvalue weighted by Crippen LogP contribution is -2.32. The maximum absolute atomic E-state index is 12.4. The maximum Gasteiger partial charge on any atom is 0.356 e. The molecule has 0 bridgehead atoms. The van der Waals surface area contributed by atoms with Gasteiger partial charge in [-0.2, -0.15) is 4.98 Å².